The van der Waals surface area contributed by atoms with Gasteiger partial charge in [0.1, 0.15) is 5.69 Å². The summed E-state index contributed by atoms with van der Waals surface area (Å²) in [6.45, 7) is -0.0911. The van der Waals surface area contributed by atoms with Crippen molar-refractivity contribution in [2.75, 3.05) is 20.8 Å². The van der Waals surface area contributed by atoms with E-state index in [2.05, 4.69) is 25.0 Å². The number of carbonyl (C=O) groups excluding carboxylic acids is 1. The molecular weight excluding hydrogens is 456 g/mol. The molecule has 0 saturated carbocycles. The van der Waals surface area contributed by atoms with E-state index in [4.69, 9.17) is 9.47 Å². The van der Waals surface area contributed by atoms with Gasteiger partial charge in [-0.3, -0.25) is 4.79 Å². The summed E-state index contributed by atoms with van der Waals surface area (Å²) >= 11 is 1.26. The molecular formula is C19H16F4N4O4S. The van der Waals surface area contributed by atoms with Gasteiger partial charge in [-0.1, -0.05) is 6.07 Å². The van der Waals surface area contributed by atoms with Gasteiger partial charge in [-0.2, -0.15) is 4.98 Å². The zero-order valence-electron chi connectivity index (χ0n) is 16.6. The van der Waals surface area contributed by atoms with Crippen LogP contribution in [0.5, 0.6) is 11.6 Å². The minimum atomic E-state index is -5.04. The molecule has 3 rings (SSSR count). The maximum Gasteiger partial charge on any atom is 0.573 e. The number of amides is 1. The Balaban J connectivity index is 1.86. The molecule has 32 heavy (non-hydrogen) atoms. The fourth-order valence-corrected chi connectivity index (χ4v) is 3.21. The molecule has 0 aliphatic heterocycles. The van der Waals surface area contributed by atoms with Gasteiger partial charge in [-0.15, -0.1) is 24.5 Å². The second-order valence-corrected chi connectivity index (χ2v) is 7.07. The molecule has 1 N–H and O–H groups in total. The van der Waals surface area contributed by atoms with Crippen LogP contribution in [0.2, 0.25) is 0 Å². The van der Waals surface area contributed by atoms with Gasteiger partial charge < -0.3 is 19.5 Å². The molecule has 2 aromatic heterocycles. The predicted molar refractivity (Wildman–Crippen MR) is 105 cm³/mol. The normalized spacial score (nSPS) is 12.3. The molecule has 1 atom stereocenters. The highest BCUT2D eigenvalue weighted by molar-refractivity contribution is 7.13. The third kappa shape index (κ3) is 5.88. The Morgan fingerprint density at radius 2 is 2.00 bits per heavy atom. The Hall–Kier alpha value is -3.32. The topological polar surface area (TPSA) is 95.5 Å². The molecule has 13 heteroatoms. The van der Waals surface area contributed by atoms with E-state index in [0.29, 0.717) is 5.01 Å². The molecule has 8 nitrogen and oxygen atoms in total. The van der Waals surface area contributed by atoms with Gasteiger partial charge in [0.05, 0.1) is 19.8 Å². The predicted octanol–water partition coefficient (Wildman–Crippen LogP) is 3.76. The van der Waals surface area contributed by atoms with Gasteiger partial charge in [0.15, 0.2) is 22.4 Å². The lowest BCUT2D eigenvalue weighted by atomic mass is 10.1. The number of hydrogen-bond donors (Lipinski definition) is 1. The number of methoxy groups -OCH3 is 2. The summed E-state index contributed by atoms with van der Waals surface area (Å²) in [4.78, 5) is 25.3. The SMILES string of the molecule is COC[C@@H](NC(=O)c1cc(OC)nc(-c2nccs2)n1)c1ccc(OC(F)(F)F)c(F)c1. The molecule has 0 bridgehead atoms. The number of thiazole rings is 1. The van der Waals surface area contributed by atoms with Crippen LogP contribution in [0.1, 0.15) is 22.1 Å². The molecule has 0 aliphatic carbocycles. The average molecular weight is 472 g/mol. The first kappa shape index (κ1) is 23.3. The van der Waals surface area contributed by atoms with E-state index in [1.54, 1.807) is 11.6 Å². The van der Waals surface area contributed by atoms with E-state index in [0.717, 1.165) is 12.1 Å². The van der Waals surface area contributed by atoms with Gasteiger partial charge >= 0.3 is 6.36 Å². The number of aromatic nitrogens is 3. The van der Waals surface area contributed by atoms with E-state index < -0.39 is 29.9 Å². The van der Waals surface area contributed by atoms with Crippen molar-refractivity contribution in [3.05, 3.63) is 52.9 Å². The third-order valence-electron chi connectivity index (χ3n) is 3.99. The molecule has 0 radical (unpaired) electrons. The van der Waals surface area contributed by atoms with Crippen LogP contribution in [-0.4, -0.2) is 48.0 Å². The Morgan fingerprint density at radius 1 is 1.22 bits per heavy atom. The molecule has 0 fully saturated rings. The van der Waals surface area contributed by atoms with Crippen molar-refractivity contribution in [2.24, 2.45) is 0 Å². The van der Waals surface area contributed by atoms with Crippen molar-refractivity contribution in [2.45, 2.75) is 12.4 Å². The summed E-state index contributed by atoms with van der Waals surface area (Å²) in [5.74, 6) is -2.60. The number of hydrogen-bond acceptors (Lipinski definition) is 8. The van der Waals surface area contributed by atoms with E-state index in [-0.39, 0.29) is 29.6 Å². The monoisotopic (exact) mass is 472 g/mol. The number of alkyl halides is 3. The highest BCUT2D eigenvalue weighted by Gasteiger charge is 2.32. The highest BCUT2D eigenvalue weighted by atomic mass is 32.1. The first-order valence-electron chi connectivity index (χ1n) is 8.88. The molecule has 1 aromatic carbocycles. The molecule has 170 valence electrons. The van der Waals surface area contributed by atoms with Crippen molar-refractivity contribution >= 4 is 17.2 Å². The molecule has 0 unspecified atom stereocenters. The van der Waals surface area contributed by atoms with Crippen LogP contribution < -0.4 is 14.8 Å². The molecule has 0 saturated heterocycles. The number of nitrogens with one attached hydrogen (secondary N) is 1. The summed E-state index contributed by atoms with van der Waals surface area (Å²) in [5, 5.41) is 4.79. The molecule has 0 aliphatic rings. The van der Waals surface area contributed by atoms with Crippen LogP contribution in [0.25, 0.3) is 10.8 Å². The lowest BCUT2D eigenvalue weighted by molar-refractivity contribution is -0.275. The fraction of sp³-hybridized carbons (Fsp3) is 0.263. The number of halogens is 4. The van der Waals surface area contributed by atoms with Crippen molar-refractivity contribution in [1.82, 2.24) is 20.3 Å². The molecule has 3 aromatic rings. The smallest absolute Gasteiger partial charge is 0.481 e. The lowest BCUT2D eigenvalue weighted by Gasteiger charge is -2.19. The first-order valence-corrected chi connectivity index (χ1v) is 9.76. The Morgan fingerprint density at radius 3 is 2.59 bits per heavy atom. The van der Waals surface area contributed by atoms with Crippen molar-refractivity contribution in [3.8, 4) is 22.5 Å². The molecule has 0 spiro atoms. The summed E-state index contributed by atoms with van der Waals surface area (Å²) < 4.78 is 65.0. The fourth-order valence-electron chi connectivity index (χ4n) is 2.64. The van der Waals surface area contributed by atoms with Gasteiger partial charge in [0.25, 0.3) is 5.91 Å². The van der Waals surface area contributed by atoms with Gasteiger partial charge in [-0.05, 0) is 17.7 Å². The summed E-state index contributed by atoms with van der Waals surface area (Å²) in [7, 11) is 2.72. The third-order valence-corrected chi connectivity index (χ3v) is 4.76. The van der Waals surface area contributed by atoms with E-state index in [9.17, 15) is 22.4 Å². The molecule has 1 amide bonds. The highest BCUT2D eigenvalue weighted by Crippen LogP contribution is 2.28. The quantitative estimate of drug-likeness (QED) is 0.499. The maximum absolute atomic E-state index is 14.1. The zero-order valence-corrected chi connectivity index (χ0v) is 17.5. The summed E-state index contributed by atoms with van der Waals surface area (Å²) in [6.07, 6.45) is -3.48. The largest absolute Gasteiger partial charge is 0.573 e. The zero-order chi connectivity index (χ0) is 23.3. The van der Waals surface area contributed by atoms with Crippen LogP contribution in [0.15, 0.2) is 35.8 Å². The minimum Gasteiger partial charge on any atom is -0.481 e. The van der Waals surface area contributed by atoms with Crippen LogP contribution in [0, 0.1) is 5.82 Å². The van der Waals surface area contributed by atoms with Crippen molar-refractivity contribution in [3.63, 3.8) is 0 Å². The Bertz CT molecular complexity index is 1080. The lowest BCUT2D eigenvalue weighted by Crippen LogP contribution is -2.32. The average Bonchev–Trinajstić information content (AvgIpc) is 3.28. The minimum absolute atomic E-state index is 0.0550. The van der Waals surface area contributed by atoms with Gasteiger partial charge in [-0.25, -0.2) is 14.4 Å². The number of ether oxygens (including phenoxy) is 3. The number of benzene rings is 1. The number of carbonyl (C=O) groups is 1. The maximum atomic E-state index is 14.1. The number of nitrogens with zero attached hydrogens (tertiary/aromatic N) is 3. The van der Waals surface area contributed by atoms with Crippen LogP contribution >= 0.6 is 11.3 Å². The second-order valence-electron chi connectivity index (χ2n) is 6.18. The van der Waals surface area contributed by atoms with Crippen LogP contribution in [-0.2, 0) is 4.74 Å². The standard InChI is InChI=1S/C19H16F4N4O4S/c1-29-9-13(10-3-4-14(11(20)7-10)31-19(21,22)23)26-17(28)12-8-15(30-2)27-16(25-12)18-24-5-6-32-18/h3-8,13H,9H2,1-2H3,(H,26,28)/t13-/m1/s1. The number of rotatable bonds is 8. The van der Waals surface area contributed by atoms with E-state index in [1.165, 1.54) is 37.7 Å². The van der Waals surface area contributed by atoms with Gasteiger partial charge in [0.2, 0.25) is 5.88 Å². The second kappa shape index (κ2) is 9.87. The van der Waals surface area contributed by atoms with Crippen LogP contribution in [0.3, 0.4) is 0 Å². The van der Waals surface area contributed by atoms with Gasteiger partial charge in [0, 0.05) is 24.8 Å². The summed E-state index contributed by atoms with van der Waals surface area (Å²) in [5.41, 5.74) is 0.106. The Labute approximate surface area is 183 Å². The summed E-state index contributed by atoms with van der Waals surface area (Å²) in [6, 6.07) is 3.24. The Kier molecular flexibility index (Phi) is 7.20. The van der Waals surface area contributed by atoms with Crippen molar-refractivity contribution in [1.29, 1.82) is 0 Å². The van der Waals surface area contributed by atoms with Crippen molar-refractivity contribution < 1.29 is 36.6 Å². The molecule has 2 heterocycles. The first-order chi connectivity index (χ1) is 15.2. The van der Waals surface area contributed by atoms with Crippen LogP contribution in [0.4, 0.5) is 17.6 Å². The van der Waals surface area contributed by atoms with E-state index >= 15 is 0 Å². The van der Waals surface area contributed by atoms with E-state index in [1.807, 2.05) is 0 Å².